The van der Waals surface area contributed by atoms with Gasteiger partial charge in [0.25, 0.3) is 0 Å². The van der Waals surface area contributed by atoms with Crippen LogP contribution in [0.4, 0.5) is 5.13 Å². The summed E-state index contributed by atoms with van der Waals surface area (Å²) in [7, 11) is 0. The molecule has 1 aliphatic rings. The molecular weight excluding hydrogens is 260 g/mol. The van der Waals surface area contributed by atoms with Crippen molar-refractivity contribution in [3.63, 3.8) is 0 Å². The molecule has 0 radical (unpaired) electrons. The number of aldehydes is 1. The fraction of sp³-hybridized carbons (Fsp3) is 0.636. The molecule has 6 heteroatoms. The predicted molar refractivity (Wildman–Crippen MR) is 69.4 cm³/mol. The first-order chi connectivity index (χ1) is 7.91. The van der Waals surface area contributed by atoms with E-state index in [0.29, 0.717) is 4.88 Å². The molecule has 0 aromatic carbocycles. The Balaban J connectivity index is 2.23. The van der Waals surface area contributed by atoms with Crippen molar-refractivity contribution in [3.8, 4) is 0 Å². The van der Waals surface area contributed by atoms with E-state index in [1.54, 1.807) is 0 Å². The summed E-state index contributed by atoms with van der Waals surface area (Å²) in [5, 5.41) is 1.08. The average molecular weight is 275 g/mol. The molecule has 1 unspecified atom stereocenters. The first-order valence-corrected chi connectivity index (χ1v) is 6.65. The molecule has 0 N–H and O–H groups in total. The Kier molecular flexibility index (Phi) is 3.43. The molecule has 17 heavy (non-hydrogen) atoms. The Labute approximate surface area is 110 Å². The summed E-state index contributed by atoms with van der Waals surface area (Å²) < 4.78 is 5.82. The van der Waals surface area contributed by atoms with Crippen LogP contribution in [0.1, 0.15) is 30.4 Å². The number of carbonyl (C=O) groups is 1. The number of anilines is 1. The normalized spacial score (nSPS) is 23.8. The van der Waals surface area contributed by atoms with Crippen molar-refractivity contribution < 1.29 is 9.53 Å². The van der Waals surface area contributed by atoms with Gasteiger partial charge >= 0.3 is 0 Å². The third-order valence-corrected chi connectivity index (χ3v) is 3.99. The quantitative estimate of drug-likeness (QED) is 0.778. The molecule has 0 amide bonds. The highest BCUT2D eigenvalue weighted by molar-refractivity contribution is 7.17. The zero-order valence-corrected chi connectivity index (χ0v) is 11.6. The van der Waals surface area contributed by atoms with Crippen molar-refractivity contribution in [1.29, 1.82) is 0 Å². The fourth-order valence-corrected chi connectivity index (χ4v) is 3.18. The number of hydrogen-bond donors (Lipinski definition) is 0. The minimum atomic E-state index is -0.211. The molecule has 2 heterocycles. The Hall–Kier alpha value is -0.650. The highest BCUT2D eigenvalue weighted by atomic mass is 35.5. The summed E-state index contributed by atoms with van der Waals surface area (Å²) in [6.45, 7) is 7.64. The third-order valence-electron chi connectivity index (χ3n) is 2.55. The second-order valence-electron chi connectivity index (χ2n) is 4.84. The van der Waals surface area contributed by atoms with E-state index in [-0.39, 0.29) is 16.9 Å². The third kappa shape index (κ3) is 2.78. The van der Waals surface area contributed by atoms with Crippen LogP contribution in [0.5, 0.6) is 0 Å². The molecule has 1 aliphatic heterocycles. The first kappa shape index (κ1) is 12.8. The molecule has 1 aromatic heterocycles. The molecule has 0 bridgehead atoms. The lowest BCUT2D eigenvalue weighted by molar-refractivity contribution is -0.0749. The molecule has 0 aliphatic carbocycles. The van der Waals surface area contributed by atoms with Crippen LogP contribution in [0.2, 0.25) is 5.15 Å². The van der Waals surface area contributed by atoms with Crippen molar-refractivity contribution in [2.24, 2.45) is 0 Å². The molecule has 1 aromatic rings. The lowest BCUT2D eigenvalue weighted by Gasteiger charge is -2.41. The molecule has 0 spiro atoms. The second-order valence-corrected chi connectivity index (χ2v) is 6.21. The Bertz CT molecular complexity index is 433. The monoisotopic (exact) mass is 274 g/mol. The van der Waals surface area contributed by atoms with Gasteiger partial charge in [0.15, 0.2) is 16.6 Å². The fourth-order valence-electron chi connectivity index (χ4n) is 2.11. The summed E-state index contributed by atoms with van der Waals surface area (Å²) >= 11 is 7.21. The number of thiazole rings is 1. The van der Waals surface area contributed by atoms with E-state index in [1.165, 1.54) is 11.3 Å². The van der Waals surface area contributed by atoms with Crippen molar-refractivity contribution in [2.45, 2.75) is 32.5 Å². The lowest BCUT2D eigenvalue weighted by Crippen LogP contribution is -2.52. The number of nitrogens with zero attached hydrogens (tertiary/aromatic N) is 2. The minimum absolute atomic E-state index is 0.140. The number of carbonyl (C=O) groups excluding carboxylic acids is 1. The minimum Gasteiger partial charge on any atom is -0.369 e. The highest BCUT2D eigenvalue weighted by Crippen LogP contribution is 2.32. The van der Waals surface area contributed by atoms with E-state index in [2.05, 4.69) is 9.88 Å². The topological polar surface area (TPSA) is 42.4 Å². The Morgan fingerprint density at radius 3 is 2.88 bits per heavy atom. The van der Waals surface area contributed by atoms with Gasteiger partial charge in [0, 0.05) is 13.1 Å². The standard InChI is InChI=1S/C11H15ClN2O2S/c1-7-4-14(6-11(2,3)16-7)10-13-9(12)8(5-15)17-10/h5,7H,4,6H2,1-3H3. The van der Waals surface area contributed by atoms with Crippen LogP contribution in [0, 0.1) is 0 Å². The molecule has 2 rings (SSSR count). The van der Waals surface area contributed by atoms with E-state index in [0.717, 1.165) is 24.5 Å². The molecule has 0 saturated carbocycles. The SMILES string of the molecule is CC1CN(c2nc(Cl)c(C=O)s2)CC(C)(C)O1. The summed E-state index contributed by atoms with van der Waals surface area (Å²) in [6, 6.07) is 0. The van der Waals surface area contributed by atoms with Gasteiger partial charge in [0.1, 0.15) is 4.88 Å². The summed E-state index contributed by atoms with van der Waals surface area (Å²) in [6.07, 6.45) is 0.888. The highest BCUT2D eigenvalue weighted by Gasteiger charge is 2.32. The van der Waals surface area contributed by atoms with Crippen molar-refractivity contribution in [1.82, 2.24) is 4.98 Å². The maximum Gasteiger partial charge on any atom is 0.187 e. The van der Waals surface area contributed by atoms with Crippen LogP contribution in [0.25, 0.3) is 0 Å². The van der Waals surface area contributed by atoms with Gasteiger partial charge in [-0.25, -0.2) is 4.98 Å². The summed E-state index contributed by atoms with van der Waals surface area (Å²) in [5.74, 6) is 0. The lowest BCUT2D eigenvalue weighted by atomic mass is 10.1. The van der Waals surface area contributed by atoms with Crippen LogP contribution in [-0.2, 0) is 4.74 Å². The van der Waals surface area contributed by atoms with E-state index in [1.807, 2.05) is 20.8 Å². The molecule has 1 fully saturated rings. The molecule has 1 atom stereocenters. The molecular formula is C11H15ClN2O2S. The number of ether oxygens (including phenoxy) is 1. The van der Waals surface area contributed by atoms with Crippen LogP contribution >= 0.6 is 22.9 Å². The Morgan fingerprint density at radius 2 is 2.35 bits per heavy atom. The predicted octanol–water partition coefficient (Wildman–Crippen LogP) is 2.61. The molecule has 1 saturated heterocycles. The van der Waals surface area contributed by atoms with E-state index < -0.39 is 0 Å². The van der Waals surface area contributed by atoms with Crippen molar-refractivity contribution >= 4 is 34.4 Å². The number of rotatable bonds is 2. The molecule has 94 valence electrons. The van der Waals surface area contributed by atoms with Gasteiger partial charge in [0.2, 0.25) is 0 Å². The smallest absolute Gasteiger partial charge is 0.187 e. The number of morpholine rings is 1. The maximum absolute atomic E-state index is 10.8. The average Bonchev–Trinajstić information content (AvgIpc) is 2.56. The van der Waals surface area contributed by atoms with Crippen LogP contribution < -0.4 is 4.90 Å². The van der Waals surface area contributed by atoms with Gasteiger partial charge in [-0.15, -0.1) is 0 Å². The number of aromatic nitrogens is 1. The maximum atomic E-state index is 10.8. The first-order valence-electron chi connectivity index (χ1n) is 5.45. The van der Waals surface area contributed by atoms with Gasteiger partial charge in [-0.1, -0.05) is 22.9 Å². The van der Waals surface area contributed by atoms with Gasteiger partial charge in [-0.2, -0.15) is 0 Å². The van der Waals surface area contributed by atoms with E-state index in [4.69, 9.17) is 16.3 Å². The zero-order chi connectivity index (χ0) is 12.6. The van der Waals surface area contributed by atoms with Gasteiger partial charge in [0.05, 0.1) is 11.7 Å². The van der Waals surface area contributed by atoms with Crippen LogP contribution in [-0.4, -0.2) is 36.1 Å². The van der Waals surface area contributed by atoms with E-state index in [9.17, 15) is 4.79 Å². The van der Waals surface area contributed by atoms with Gasteiger partial charge in [-0.3, -0.25) is 4.79 Å². The van der Waals surface area contributed by atoms with Crippen LogP contribution in [0.3, 0.4) is 0 Å². The van der Waals surface area contributed by atoms with Crippen molar-refractivity contribution in [2.75, 3.05) is 18.0 Å². The summed E-state index contributed by atoms with van der Waals surface area (Å²) in [4.78, 5) is 17.6. The number of hydrogen-bond acceptors (Lipinski definition) is 5. The number of halogens is 1. The molecule has 4 nitrogen and oxygen atoms in total. The van der Waals surface area contributed by atoms with E-state index >= 15 is 0 Å². The van der Waals surface area contributed by atoms with Crippen LogP contribution in [0.15, 0.2) is 0 Å². The van der Waals surface area contributed by atoms with Crippen molar-refractivity contribution in [3.05, 3.63) is 10.0 Å². The van der Waals surface area contributed by atoms with Gasteiger partial charge in [-0.05, 0) is 20.8 Å². The zero-order valence-electron chi connectivity index (χ0n) is 10.1. The Morgan fingerprint density at radius 1 is 1.65 bits per heavy atom. The largest absolute Gasteiger partial charge is 0.369 e. The van der Waals surface area contributed by atoms with Gasteiger partial charge < -0.3 is 9.64 Å². The summed E-state index contributed by atoms with van der Waals surface area (Å²) in [5.41, 5.74) is -0.211. The second kappa shape index (κ2) is 4.55.